The van der Waals surface area contributed by atoms with Crippen LogP contribution in [0.2, 0.25) is 5.02 Å². The predicted molar refractivity (Wildman–Crippen MR) is 86.7 cm³/mol. The lowest BCUT2D eigenvalue weighted by atomic mass is 9.95. The van der Waals surface area contributed by atoms with E-state index in [1.165, 1.54) is 12.1 Å². The lowest BCUT2D eigenvalue weighted by molar-refractivity contribution is -0.124. The predicted octanol–water partition coefficient (Wildman–Crippen LogP) is 3.36. The SMILES string of the molecule is O=C(NCC(O)c1ccccc1F)C1(c2cccc(Cl)c2)CC1. The third-order valence-corrected chi connectivity index (χ3v) is 4.52. The van der Waals surface area contributed by atoms with Crippen LogP contribution in [0, 0.1) is 5.82 Å². The molecule has 0 bridgehead atoms. The highest BCUT2D eigenvalue weighted by atomic mass is 35.5. The van der Waals surface area contributed by atoms with Crippen molar-refractivity contribution in [3.63, 3.8) is 0 Å². The van der Waals surface area contributed by atoms with Gasteiger partial charge in [0.25, 0.3) is 0 Å². The van der Waals surface area contributed by atoms with Crippen LogP contribution in [0.15, 0.2) is 48.5 Å². The number of nitrogens with one attached hydrogen (secondary N) is 1. The molecule has 0 saturated heterocycles. The molecular formula is C18H17ClFNO2. The summed E-state index contributed by atoms with van der Waals surface area (Å²) in [5.74, 6) is -0.639. The van der Waals surface area contributed by atoms with Gasteiger partial charge in [-0.3, -0.25) is 4.79 Å². The van der Waals surface area contributed by atoms with Crippen molar-refractivity contribution in [3.05, 3.63) is 70.5 Å². The highest BCUT2D eigenvalue weighted by Gasteiger charge is 2.51. The summed E-state index contributed by atoms with van der Waals surface area (Å²) >= 11 is 5.99. The zero-order chi connectivity index (χ0) is 16.4. The molecule has 0 spiro atoms. The number of halogens is 2. The molecule has 0 heterocycles. The largest absolute Gasteiger partial charge is 0.386 e. The molecule has 2 aromatic carbocycles. The molecule has 0 aromatic heterocycles. The Balaban J connectivity index is 1.67. The van der Waals surface area contributed by atoms with E-state index in [4.69, 9.17) is 11.6 Å². The van der Waals surface area contributed by atoms with Crippen LogP contribution in [-0.2, 0) is 10.2 Å². The van der Waals surface area contributed by atoms with E-state index in [0.29, 0.717) is 5.02 Å². The number of hydrogen-bond donors (Lipinski definition) is 2. The first-order chi connectivity index (χ1) is 11.0. The van der Waals surface area contributed by atoms with Gasteiger partial charge in [0, 0.05) is 17.1 Å². The molecule has 120 valence electrons. The molecular weight excluding hydrogens is 317 g/mol. The number of aliphatic hydroxyl groups excluding tert-OH is 1. The zero-order valence-corrected chi connectivity index (χ0v) is 13.2. The first-order valence-corrected chi connectivity index (χ1v) is 7.87. The van der Waals surface area contributed by atoms with Crippen LogP contribution in [0.1, 0.15) is 30.1 Å². The molecule has 1 atom stereocenters. The van der Waals surface area contributed by atoms with Gasteiger partial charge in [-0.2, -0.15) is 0 Å². The molecule has 23 heavy (non-hydrogen) atoms. The second-order valence-corrected chi connectivity index (χ2v) is 6.28. The summed E-state index contributed by atoms with van der Waals surface area (Å²) in [6, 6.07) is 13.3. The van der Waals surface area contributed by atoms with Crippen molar-refractivity contribution in [2.45, 2.75) is 24.4 Å². The van der Waals surface area contributed by atoms with Crippen molar-refractivity contribution in [3.8, 4) is 0 Å². The highest BCUT2D eigenvalue weighted by molar-refractivity contribution is 6.30. The molecule has 0 aliphatic heterocycles. The molecule has 3 rings (SSSR count). The average molecular weight is 334 g/mol. The lowest BCUT2D eigenvalue weighted by Gasteiger charge is -2.18. The Bertz CT molecular complexity index is 730. The Morgan fingerprint density at radius 1 is 1.26 bits per heavy atom. The zero-order valence-electron chi connectivity index (χ0n) is 12.4. The van der Waals surface area contributed by atoms with Gasteiger partial charge < -0.3 is 10.4 Å². The van der Waals surface area contributed by atoms with Crippen molar-refractivity contribution in [1.29, 1.82) is 0 Å². The third kappa shape index (κ3) is 3.23. The summed E-state index contributed by atoms with van der Waals surface area (Å²) in [5.41, 5.74) is 0.489. The van der Waals surface area contributed by atoms with Gasteiger partial charge in [-0.25, -0.2) is 4.39 Å². The van der Waals surface area contributed by atoms with Crippen molar-refractivity contribution in [1.82, 2.24) is 5.32 Å². The van der Waals surface area contributed by atoms with Gasteiger partial charge >= 0.3 is 0 Å². The highest BCUT2D eigenvalue weighted by Crippen LogP contribution is 2.48. The Morgan fingerprint density at radius 3 is 2.65 bits per heavy atom. The quantitative estimate of drug-likeness (QED) is 0.881. The van der Waals surface area contributed by atoms with Gasteiger partial charge in [-0.05, 0) is 36.6 Å². The van der Waals surface area contributed by atoms with E-state index in [1.807, 2.05) is 12.1 Å². The molecule has 1 aliphatic rings. The van der Waals surface area contributed by atoms with Crippen molar-refractivity contribution in [2.24, 2.45) is 0 Å². The van der Waals surface area contributed by atoms with E-state index in [9.17, 15) is 14.3 Å². The van der Waals surface area contributed by atoms with Crippen molar-refractivity contribution < 1.29 is 14.3 Å². The summed E-state index contributed by atoms with van der Waals surface area (Å²) in [4.78, 5) is 12.5. The van der Waals surface area contributed by atoms with Crippen LogP contribution in [0.3, 0.4) is 0 Å². The molecule has 0 radical (unpaired) electrons. The van der Waals surface area contributed by atoms with Gasteiger partial charge in [-0.15, -0.1) is 0 Å². The molecule has 2 aromatic rings. The fraction of sp³-hybridized carbons (Fsp3) is 0.278. The monoisotopic (exact) mass is 333 g/mol. The van der Waals surface area contributed by atoms with Gasteiger partial charge in [0.15, 0.2) is 0 Å². The van der Waals surface area contributed by atoms with Crippen molar-refractivity contribution in [2.75, 3.05) is 6.54 Å². The number of hydrogen-bond acceptors (Lipinski definition) is 2. The standard InChI is InChI=1S/C18H17ClFNO2/c19-13-5-3-4-12(10-13)18(8-9-18)17(23)21-11-16(22)14-6-1-2-7-15(14)20/h1-7,10,16,22H,8-9,11H2,(H,21,23). The maximum atomic E-state index is 13.6. The minimum Gasteiger partial charge on any atom is -0.386 e. The smallest absolute Gasteiger partial charge is 0.230 e. The Hall–Kier alpha value is -1.91. The van der Waals surface area contributed by atoms with Crippen LogP contribution >= 0.6 is 11.6 Å². The first-order valence-electron chi connectivity index (χ1n) is 7.50. The summed E-state index contributed by atoms with van der Waals surface area (Å²) in [6.45, 7) is -0.0257. The minimum atomic E-state index is -1.07. The third-order valence-electron chi connectivity index (χ3n) is 4.28. The van der Waals surface area contributed by atoms with E-state index in [0.717, 1.165) is 18.4 Å². The van der Waals surface area contributed by atoms with E-state index in [1.54, 1.807) is 24.3 Å². The number of carbonyl (C=O) groups is 1. The Morgan fingerprint density at radius 2 is 2.00 bits per heavy atom. The molecule has 2 N–H and O–H groups in total. The van der Waals surface area contributed by atoms with E-state index in [2.05, 4.69) is 5.32 Å². The number of aliphatic hydroxyl groups is 1. The molecule has 1 saturated carbocycles. The average Bonchev–Trinajstić information content (AvgIpc) is 3.34. The van der Waals surface area contributed by atoms with Crippen LogP contribution in [0.4, 0.5) is 4.39 Å². The second kappa shape index (κ2) is 6.30. The fourth-order valence-electron chi connectivity index (χ4n) is 2.77. The van der Waals surface area contributed by atoms with Crippen LogP contribution in [0.5, 0.6) is 0 Å². The Kier molecular flexibility index (Phi) is 4.37. The molecule has 1 amide bonds. The van der Waals surface area contributed by atoms with E-state index in [-0.39, 0.29) is 18.0 Å². The van der Waals surface area contributed by atoms with Crippen LogP contribution in [-0.4, -0.2) is 17.6 Å². The number of rotatable bonds is 5. The normalized spacial score (nSPS) is 16.7. The van der Waals surface area contributed by atoms with E-state index < -0.39 is 17.3 Å². The summed E-state index contributed by atoms with van der Waals surface area (Å²) in [5, 5.41) is 13.4. The number of carbonyl (C=O) groups excluding carboxylic acids is 1. The molecule has 1 fully saturated rings. The molecule has 5 heteroatoms. The lowest BCUT2D eigenvalue weighted by Crippen LogP contribution is -2.37. The number of benzene rings is 2. The van der Waals surface area contributed by atoms with Gasteiger partial charge in [0.1, 0.15) is 5.82 Å². The maximum absolute atomic E-state index is 13.6. The van der Waals surface area contributed by atoms with Crippen molar-refractivity contribution >= 4 is 17.5 Å². The maximum Gasteiger partial charge on any atom is 0.230 e. The van der Waals surface area contributed by atoms with Gasteiger partial charge in [0.2, 0.25) is 5.91 Å². The van der Waals surface area contributed by atoms with Crippen LogP contribution < -0.4 is 5.32 Å². The minimum absolute atomic E-state index is 0.0257. The second-order valence-electron chi connectivity index (χ2n) is 5.84. The number of amides is 1. The fourth-order valence-corrected chi connectivity index (χ4v) is 2.96. The van der Waals surface area contributed by atoms with Gasteiger partial charge in [-0.1, -0.05) is 41.9 Å². The summed E-state index contributed by atoms with van der Waals surface area (Å²) in [7, 11) is 0. The molecule has 3 nitrogen and oxygen atoms in total. The first kappa shape index (κ1) is 16.0. The summed E-state index contributed by atoms with van der Waals surface area (Å²) < 4.78 is 13.6. The van der Waals surface area contributed by atoms with Crippen LogP contribution in [0.25, 0.3) is 0 Å². The van der Waals surface area contributed by atoms with E-state index >= 15 is 0 Å². The Labute approximate surface area is 139 Å². The summed E-state index contributed by atoms with van der Waals surface area (Å²) in [6.07, 6.45) is 0.416. The molecule has 1 aliphatic carbocycles. The van der Waals surface area contributed by atoms with Gasteiger partial charge in [0.05, 0.1) is 11.5 Å². The topological polar surface area (TPSA) is 49.3 Å². The molecule has 1 unspecified atom stereocenters.